The number of unbranched alkanes of at least 4 members (excludes halogenated alkanes) is 1. The number of rotatable bonds is 6. The molecule has 6 nitrogen and oxygen atoms in total. The third-order valence-corrected chi connectivity index (χ3v) is 4.65. The summed E-state index contributed by atoms with van der Waals surface area (Å²) < 4.78 is 5.33. The number of nitrogens with zero attached hydrogens (tertiary/aromatic N) is 3. The van der Waals surface area contributed by atoms with E-state index in [4.69, 9.17) is 4.52 Å². The van der Waals surface area contributed by atoms with Crippen molar-refractivity contribution in [1.29, 1.82) is 0 Å². The van der Waals surface area contributed by atoms with Gasteiger partial charge in [0.25, 0.3) is 0 Å². The van der Waals surface area contributed by atoms with Crippen LogP contribution in [0.2, 0.25) is 0 Å². The average molecular weight is 320 g/mol. The quantitative estimate of drug-likeness (QED) is 0.883. The summed E-state index contributed by atoms with van der Waals surface area (Å²) in [7, 11) is 0. The van der Waals surface area contributed by atoms with Gasteiger partial charge in [-0.1, -0.05) is 24.6 Å². The Morgan fingerprint density at radius 3 is 3.23 bits per heavy atom. The molecule has 0 aliphatic carbocycles. The van der Waals surface area contributed by atoms with E-state index < -0.39 is 0 Å². The molecule has 1 N–H and O–H groups in total. The fraction of sp³-hybridized carbons (Fsp3) is 0.533. The molecule has 1 saturated heterocycles. The molecule has 22 heavy (non-hydrogen) atoms. The van der Waals surface area contributed by atoms with Gasteiger partial charge in [-0.2, -0.15) is 4.98 Å². The van der Waals surface area contributed by atoms with Gasteiger partial charge < -0.3 is 9.84 Å². The molecule has 1 aliphatic heterocycles. The molecule has 3 rings (SSSR count). The maximum Gasteiger partial charge on any atom is 0.242 e. The Balaban J connectivity index is 1.71. The Bertz CT molecular complexity index is 611. The van der Waals surface area contributed by atoms with Gasteiger partial charge in [0.05, 0.1) is 6.54 Å². The predicted molar refractivity (Wildman–Crippen MR) is 83.4 cm³/mol. The SMILES string of the molecule is CCCCc1noc(CN2CCNC(=O)C2c2cccs2)n1. The second kappa shape index (κ2) is 7.02. The van der Waals surface area contributed by atoms with Crippen molar-refractivity contribution in [3.63, 3.8) is 0 Å². The topological polar surface area (TPSA) is 71.3 Å². The van der Waals surface area contributed by atoms with Crippen molar-refractivity contribution in [3.8, 4) is 0 Å². The third-order valence-electron chi connectivity index (χ3n) is 3.73. The Hall–Kier alpha value is -1.73. The minimum absolute atomic E-state index is 0.0411. The predicted octanol–water partition coefficient (Wildman–Crippen LogP) is 2.15. The highest BCUT2D eigenvalue weighted by Gasteiger charge is 2.32. The number of amides is 1. The van der Waals surface area contributed by atoms with E-state index in [9.17, 15) is 4.79 Å². The summed E-state index contributed by atoms with van der Waals surface area (Å²) in [6, 6.07) is 3.70. The van der Waals surface area contributed by atoms with Crippen LogP contribution in [0, 0.1) is 0 Å². The van der Waals surface area contributed by atoms with E-state index in [0.29, 0.717) is 19.0 Å². The fourth-order valence-electron chi connectivity index (χ4n) is 2.61. The summed E-state index contributed by atoms with van der Waals surface area (Å²) in [4.78, 5) is 19.8. The standard InChI is InChI=1S/C15H20N4O2S/c1-2-3-6-12-17-13(21-18-12)10-19-8-7-16-15(20)14(19)11-5-4-9-22-11/h4-5,9,14H,2-3,6-8,10H2,1H3,(H,16,20). The molecule has 2 aromatic rings. The van der Waals surface area contributed by atoms with E-state index in [1.807, 2.05) is 17.5 Å². The van der Waals surface area contributed by atoms with Gasteiger partial charge in [0.2, 0.25) is 11.8 Å². The van der Waals surface area contributed by atoms with Gasteiger partial charge in [-0.15, -0.1) is 11.3 Å². The first-order valence-corrected chi connectivity index (χ1v) is 8.52. The lowest BCUT2D eigenvalue weighted by Gasteiger charge is -2.33. The first-order valence-electron chi connectivity index (χ1n) is 7.64. The van der Waals surface area contributed by atoms with Gasteiger partial charge in [-0.05, 0) is 17.9 Å². The van der Waals surface area contributed by atoms with E-state index in [1.54, 1.807) is 11.3 Å². The minimum atomic E-state index is -0.264. The van der Waals surface area contributed by atoms with E-state index in [-0.39, 0.29) is 11.9 Å². The zero-order chi connectivity index (χ0) is 15.4. The lowest BCUT2D eigenvalue weighted by Crippen LogP contribution is -2.49. The van der Waals surface area contributed by atoms with Gasteiger partial charge in [0.1, 0.15) is 6.04 Å². The maximum atomic E-state index is 12.2. The van der Waals surface area contributed by atoms with Crippen LogP contribution in [0.4, 0.5) is 0 Å². The molecule has 0 radical (unpaired) electrons. The number of nitrogens with one attached hydrogen (secondary N) is 1. The highest BCUT2D eigenvalue weighted by atomic mass is 32.1. The lowest BCUT2D eigenvalue weighted by molar-refractivity contribution is -0.129. The van der Waals surface area contributed by atoms with Crippen LogP contribution in [0.3, 0.4) is 0 Å². The Morgan fingerprint density at radius 2 is 2.45 bits per heavy atom. The molecule has 0 spiro atoms. The van der Waals surface area contributed by atoms with Gasteiger partial charge in [-0.25, -0.2) is 0 Å². The number of thiophene rings is 1. The van der Waals surface area contributed by atoms with Crippen molar-refractivity contribution >= 4 is 17.2 Å². The highest BCUT2D eigenvalue weighted by Crippen LogP contribution is 2.28. The van der Waals surface area contributed by atoms with Gasteiger partial charge in [0, 0.05) is 24.4 Å². The smallest absolute Gasteiger partial charge is 0.242 e. The van der Waals surface area contributed by atoms with Crippen molar-refractivity contribution in [2.24, 2.45) is 0 Å². The molecule has 1 atom stereocenters. The summed E-state index contributed by atoms with van der Waals surface area (Å²) in [5.41, 5.74) is 0. The number of aromatic nitrogens is 2. The number of hydrogen-bond acceptors (Lipinski definition) is 6. The highest BCUT2D eigenvalue weighted by molar-refractivity contribution is 7.10. The van der Waals surface area contributed by atoms with Crippen LogP contribution in [-0.2, 0) is 17.8 Å². The molecular formula is C15H20N4O2S. The zero-order valence-corrected chi connectivity index (χ0v) is 13.4. The molecule has 7 heteroatoms. The number of carbonyl (C=O) groups excluding carboxylic acids is 1. The maximum absolute atomic E-state index is 12.2. The third kappa shape index (κ3) is 3.36. The molecule has 0 bridgehead atoms. The molecule has 0 aromatic carbocycles. The molecule has 1 aliphatic rings. The molecule has 2 aromatic heterocycles. The molecule has 1 fully saturated rings. The molecule has 118 valence electrons. The van der Waals surface area contributed by atoms with Crippen molar-refractivity contribution in [3.05, 3.63) is 34.1 Å². The second-order valence-electron chi connectivity index (χ2n) is 5.39. The lowest BCUT2D eigenvalue weighted by atomic mass is 10.1. The number of hydrogen-bond donors (Lipinski definition) is 1. The summed E-state index contributed by atoms with van der Waals surface area (Å²) >= 11 is 1.59. The summed E-state index contributed by atoms with van der Waals surface area (Å²) in [5, 5.41) is 8.93. The van der Waals surface area contributed by atoms with Crippen LogP contribution in [0.15, 0.2) is 22.0 Å². The zero-order valence-electron chi connectivity index (χ0n) is 12.6. The molecule has 1 unspecified atom stereocenters. The van der Waals surface area contributed by atoms with E-state index in [0.717, 1.165) is 36.5 Å². The molecule has 1 amide bonds. The largest absolute Gasteiger partial charge is 0.353 e. The summed E-state index contributed by atoms with van der Waals surface area (Å²) in [5.74, 6) is 1.38. The fourth-order valence-corrected chi connectivity index (χ4v) is 3.46. The van der Waals surface area contributed by atoms with Crippen molar-refractivity contribution in [2.45, 2.75) is 38.8 Å². The van der Waals surface area contributed by atoms with Gasteiger partial charge >= 0.3 is 0 Å². The number of aryl methyl sites for hydroxylation is 1. The summed E-state index contributed by atoms with van der Waals surface area (Å²) in [6.45, 7) is 4.08. The van der Waals surface area contributed by atoms with Crippen LogP contribution >= 0.6 is 11.3 Å². The van der Waals surface area contributed by atoms with E-state index >= 15 is 0 Å². The normalized spacial score (nSPS) is 19.3. The molecular weight excluding hydrogens is 300 g/mol. The van der Waals surface area contributed by atoms with Crippen molar-refractivity contribution < 1.29 is 9.32 Å². The van der Waals surface area contributed by atoms with Crippen LogP contribution in [0.25, 0.3) is 0 Å². The van der Waals surface area contributed by atoms with Crippen molar-refractivity contribution in [1.82, 2.24) is 20.4 Å². The first kappa shape index (κ1) is 15.2. The van der Waals surface area contributed by atoms with E-state index in [1.165, 1.54) is 0 Å². The Kier molecular flexibility index (Phi) is 4.84. The molecule has 0 saturated carbocycles. The van der Waals surface area contributed by atoms with Crippen LogP contribution < -0.4 is 5.32 Å². The Morgan fingerprint density at radius 1 is 1.55 bits per heavy atom. The van der Waals surface area contributed by atoms with Gasteiger partial charge in [0.15, 0.2) is 5.82 Å². The first-order chi connectivity index (χ1) is 10.8. The van der Waals surface area contributed by atoms with Crippen LogP contribution in [0.1, 0.15) is 42.4 Å². The monoisotopic (exact) mass is 320 g/mol. The number of piperazine rings is 1. The molecule has 3 heterocycles. The van der Waals surface area contributed by atoms with Crippen LogP contribution in [0.5, 0.6) is 0 Å². The average Bonchev–Trinajstić information content (AvgIpc) is 3.17. The van der Waals surface area contributed by atoms with Crippen molar-refractivity contribution in [2.75, 3.05) is 13.1 Å². The number of carbonyl (C=O) groups is 1. The second-order valence-corrected chi connectivity index (χ2v) is 6.37. The summed E-state index contributed by atoms with van der Waals surface area (Å²) in [6.07, 6.45) is 3.01. The minimum Gasteiger partial charge on any atom is -0.353 e. The van der Waals surface area contributed by atoms with E-state index in [2.05, 4.69) is 27.3 Å². The van der Waals surface area contributed by atoms with Crippen LogP contribution in [-0.4, -0.2) is 34.0 Å². The van der Waals surface area contributed by atoms with Gasteiger partial charge in [-0.3, -0.25) is 9.69 Å². The Labute approximate surface area is 133 Å².